The van der Waals surface area contributed by atoms with Crippen molar-refractivity contribution in [1.29, 1.82) is 0 Å². The minimum absolute atomic E-state index is 0.0536. The van der Waals surface area contributed by atoms with Gasteiger partial charge in [0.1, 0.15) is 5.82 Å². The zero-order valence-corrected chi connectivity index (χ0v) is 12.4. The number of rotatable bonds is 6. The van der Waals surface area contributed by atoms with Crippen molar-refractivity contribution >= 4 is 21.4 Å². The Balaban J connectivity index is 2.26. The maximum absolute atomic E-state index is 13.3. The molecule has 0 aliphatic rings. The molecule has 0 amide bonds. The molecule has 2 rings (SSSR count). The zero-order chi connectivity index (χ0) is 14.6. The smallest absolute Gasteiger partial charge is 0.241 e. The number of sulfonamides is 1. The van der Waals surface area contributed by atoms with Crippen molar-refractivity contribution in [2.45, 2.75) is 18.0 Å². The highest BCUT2D eigenvalue weighted by Crippen LogP contribution is 2.17. The highest BCUT2D eigenvalue weighted by Gasteiger charge is 2.19. The highest BCUT2D eigenvalue weighted by molar-refractivity contribution is 7.89. The SMILES string of the molecule is CNCc1ccc(F)cc1S(=O)(=O)NCc1cscn1. The summed E-state index contributed by atoms with van der Waals surface area (Å²) in [6.45, 7) is 0.425. The van der Waals surface area contributed by atoms with Gasteiger partial charge in [-0.1, -0.05) is 6.07 Å². The van der Waals surface area contributed by atoms with Gasteiger partial charge in [0.2, 0.25) is 10.0 Å². The van der Waals surface area contributed by atoms with Gasteiger partial charge in [-0.05, 0) is 24.7 Å². The van der Waals surface area contributed by atoms with Gasteiger partial charge in [0.25, 0.3) is 0 Å². The van der Waals surface area contributed by atoms with Crippen LogP contribution in [0.25, 0.3) is 0 Å². The van der Waals surface area contributed by atoms with Crippen LogP contribution < -0.4 is 10.0 Å². The van der Waals surface area contributed by atoms with Crippen molar-refractivity contribution in [3.63, 3.8) is 0 Å². The Morgan fingerprint density at radius 2 is 2.15 bits per heavy atom. The first-order valence-corrected chi connectivity index (χ1v) is 8.25. The van der Waals surface area contributed by atoms with Crippen LogP contribution in [0.15, 0.2) is 34.0 Å². The Labute approximate surface area is 120 Å². The van der Waals surface area contributed by atoms with E-state index in [0.717, 1.165) is 6.07 Å². The zero-order valence-electron chi connectivity index (χ0n) is 10.8. The lowest BCUT2D eigenvalue weighted by atomic mass is 10.2. The van der Waals surface area contributed by atoms with Crippen molar-refractivity contribution in [2.75, 3.05) is 7.05 Å². The number of hydrogen-bond acceptors (Lipinski definition) is 5. The first-order valence-electron chi connectivity index (χ1n) is 5.82. The van der Waals surface area contributed by atoms with Crippen LogP contribution in [-0.4, -0.2) is 20.4 Å². The first-order chi connectivity index (χ1) is 9.53. The maximum Gasteiger partial charge on any atom is 0.241 e. The third kappa shape index (κ3) is 3.60. The van der Waals surface area contributed by atoms with Crippen LogP contribution >= 0.6 is 11.3 Å². The normalized spacial score (nSPS) is 11.7. The predicted octanol–water partition coefficient (Wildman–Crippen LogP) is 1.48. The van der Waals surface area contributed by atoms with E-state index in [1.165, 1.54) is 23.5 Å². The third-order valence-electron chi connectivity index (χ3n) is 2.61. The highest BCUT2D eigenvalue weighted by atomic mass is 32.2. The molecule has 8 heteroatoms. The van der Waals surface area contributed by atoms with Crippen LogP contribution in [0.3, 0.4) is 0 Å². The quantitative estimate of drug-likeness (QED) is 0.847. The van der Waals surface area contributed by atoms with E-state index in [-0.39, 0.29) is 11.4 Å². The summed E-state index contributed by atoms with van der Waals surface area (Å²) in [5.41, 5.74) is 2.77. The summed E-state index contributed by atoms with van der Waals surface area (Å²) in [6, 6.07) is 3.73. The van der Waals surface area contributed by atoms with E-state index in [1.54, 1.807) is 17.9 Å². The average molecular weight is 315 g/mol. The Hall–Kier alpha value is -1.35. The van der Waals surface area contributed by atoms with Crippen LogP contribution in [0, 0.1) is 5.82 Å². The van der Waals surface area contributed by atoms with Crippen molar-refractivity contribution in [3.8, 4) is 0 Å². The molecule has 0 unspecified atom stereocenters. The number of nitrogens with one attached hydrogen (secondary N) is 2. The van der Waals surface area contributed by atoms with Gasteiger partial charge in [0.05, 0.1) is 22.6 Å². The number of thiazole rings is 1. The van der Waals surface area contributed by atoms with Crippen LogP contribution in [0.5, 0.6) is 0 Å². The molecule has 5 nitrogen and oxygen atoms in total. The lowest BCUT2D eigenvalue weighted by Crippen LogP contribution is -2.25. The molecule has 0 bridgehead atoms. The second kappa shape index (κ2) is 6.40. The van der Waals surface area contributed by atoms with Gasteiger partial charge in [0.15, 0.2) is 0 Å². The molecular weight excluding hydrogens is 301 g/mol. The first kappa shape index (κ1) is 15.0. The molecule has 108 valence electrons. The minimum Gasteiger partial charge on any atom is -0.316 e. The van der Waals surface area contributed by atoms with Crippen LogP contribution in [0.1, 0.15) is 11.3 Å². The number of nitrogens with zero attached hydrogens (tertiary/aromatic N) is 1. The molecule has 0 aliphatic carbocycles. The van der Waals surface area contributed by atoms with E-state index in [4.69, 9.17) is 0 Å². The summed E-state index contributed by atoms with van der Waals surface area (Å²) >= 11 is 1.38. The monoisotopic (exact) mass is 315 g/mol. The van der Waals surface area contributed by atoms with Gasteiger partial charge < -0.3 is 5.32 Å². The lowest BCUT2D eigenvalue weighted by Gasteiger charge is -2.11. The summed E-state index contributed by atoms with van der Waals surface area (Å²) in [5, 5.41) is 4.61. The number of benzene rings is 1. The maximum atomic E-state index is 13.3. The summed E-state index contributed by atoms with van der Waals surface area (Å²) in [5.74, 6) is -0.584. The number of halogens is 1. The molecule has 0 fully saturated rings. The Morgan fingerprint density at radius 1 is 1.35 bits per heavy atom. The summed E-state index contributed by atoms with van der Waals surface area (Å²) in [6.07, 6.45) is 0. The predicted molar refractivity (Wildman–Crippen MR) is 75.3 cm³/mol. The van der Waals surface area contributed by atoms with Crippen molar-refractivity contribution in [2.24, 2.45) is 0 Å². The topological polar surface area (TPSA) is 71.1 Å². The van der Waals surface area contributed by atoms with Gasteiger partial charge >= 0.3 is 0 Å². The molecule has 0 spiro atoms. The van der Waals surface area contributed by atoms with E-state index in [9.17, 15) is 12.8 Å². The Bertz CT molecular complexity index is 672. The summed E-state index contributed by atoms with van der Waals surface area (Å²) < 4.78 is 40.2. The van der Waals surface area contributed by atoms with Gasteiger partial charge in [-0.2, -0.15) is 0 Å². The van der Waals surface area contributed by atoms with E-state index >= 15 is 0 Å². The van der Waals surface area contributed by atoms with Crippen LogP contribution in [-0.2, 0) is 23.1 Å². The molecule has 1 aromatic heterocycles. The number of aromatic nitrogens is 1. The van der Waals surface area contributed by atoms with Crippen LogP contribution in [0.4, 0.5) is 4.39 Å². The van der Waals surface area contributed by atoms with Gasteiger partial charge in [-0.25, -0.2) is 22.5 Å². The van der Waals surface area contributed by atoms with Gasteiger partial charge in [0, 0.05) is 11.9 Å². The Kier molecular flexibility index (Phi) is 4.81. The van der Waals surface area contributed by atoms with Gasteiger partial charge in [-0.3, -0.25) is 0 Å². The van der Waals surface area contributed by atoms with Crippen LogP contribution in [0.2, 0.25) is 0 Å². The molecular formula is C12H14FN3O2S2. The molecule has 0 aliphatic heterocycles. The molecule has 1 aromatic carbocycles. The van der Waals surface area contributed by atoms with Crippen molar-refractivity contribution in [1.82, 2.24) is 15.0 Å². The Morgan fingerprint density at radius 3 is 2.80 bits per heavy atom. The molecule has 2 aromatic rings. The second-order valence-corrected chi connectivity index (χ2v) is 6.54. The van der Waals surface area contributed by atoms with E-state index < -0.39 is 15.8 Å². The molecule has 0 saturated heterocycles. The van der Waals surface area contributed by atoms with E-state index in [1.807, 2.05) is 0 Å². The second-order valence-electron chi connectivity index (χ2n) is 4.09. The third-order valence-corrected chi connectivity index (χ3v) is 4.73. The van der Waals surface area contributed by atoms with E-state index in [0.29, 0.717) is 17.8 Å². The fourth-order valence-electron chi connectivity index (χ4n) is 1.69. The molecule has 20 heavy (non-hydrogen) atoms. The molecule has 1 heterocycles. The van der Waals surface area contributed by atoms with Crippen molar-refractivity contribution in [3.05, 3.63) is 46.2 Å². The average Bonchev–Trinajstić information content (AvgIpc) is 2.92. The molecule has 0 radical (unpaired) electrons. The fraction of sp³-hybridized carbons (Fsp3) is 0.250. The lowest BCUT2D eigenvalue weighted by molar-refractivity contribution is 0.574. The summed E-state index contributed by atoms with van der Waals surface area (Å²) in [7, 11) is -2.08. The van der Waals surface area contributed by atoms with Gasteiger partial charge in [-0.15, -0.1) is 11.3 Å². The summed E-state index contributed by atoms with van der Waals surface area (Å²) in [4.78, 5) is 3.94. The van der Waals surface area contributed by atoms with E-state index in [2.05, 4.69) is 15.0 Å². The van der Waals surface area contributed by atoms with Crippen molar-refractivity contribution < 1.29 is 12.8 Å². The molecule has 0 atom stereocenters. The molecule has 0 saturated carbocycles. The minimum atomic E-state index is -3.78. The largest absolute Gasteiger partial charge is 0.316 e. The molecule has 2 N–H and O–H groups in total. The fourth-order valence-corrected chi connectivity index (χ4v) is 3.49. The number of hydrogen-bond donors (Lipinski definition) is 2. The standard InChI is InChI=1S/C12H14FN3O2S2/c1-14-5-9-2-3-10(13)4-12(9)20(17,18)16-6-11-7-19-8-15-11/h2-4,7-8,14,16H,5-6H2,1H3.